The second kappa shape index (κ2) is 4.27. The third-order valence-corrected chi connectivity index (χ3v) is 3.02. The number of hydrogen-bond acceptors (Lipinski definition) is 1. The molecule has 1 aliphatic carbocycles. The van der Waals surface area contributed by atoms with Crippen LogP contribution in [0.4, 0.5) is 0 Å². The van der Waals surface area contributed by atoms with Gasteiger partial charge >= 0.3 is 0 Å². The second-order valence-electron chi connectivity index (χ2n) is 4.31. The Morgan fingerprint density at radius 3 is 2.00 bits per heavy atom. The fourth-order valence-corrected chi connectivity index (χ4v) is 2.01. The van der Waals surface area contributed by atoms with E-state index >= 15 is 0 Å². The second-order valence-corrected chi connectivity index (χ2v) is 4.31. The van der Waals surface area contributed by atoms with Crippen LogP contribution in [0.5, 0.6) is 0 Å². The van der Waals surface area contributed by atoms with Gasteiger partial charge in [-0.15, -0.1) is 0 Å². The fraction of sp³-hybridized carbons (Fsp3) is 1.00. The molecule has 1 spiro atoms. The highest BCUT2D eigenvalue weighted by atomic mass is 15.2. The third-order valence-electron chi connectivity index (χ3n) is 3.02. The molecule has 2 rings (SSSR count). The van der Waals surface area contributed by atoms with Crippen molar-refractivity contribution in [3.63, 3.8) is 0 Å². The predicted octanol–water partition coefficient (Wildman–Crippen LogP) is 3.05. The van der Waals surface area contributed by atoms with Crippen LogP contribution in [0.25, 0.3) is 0 Å². The van der Waals surface area contributed by atoms with Gasteiger partial charge < -0.3 is 4.90 Å². The highest BCUT2D eigenvalue weighted by Gasteiger charge is 2.46. The Morgan fingerprint density at radius 1 is 1.08 bits per heavy atom. The maximum Gasteiger partial charge on any atom is 0.0207 e. The molecule has 72 valence electrons. The van der Waals surface area contributed by atoms with Gasteiger partial charge in [-0.2, -0.15) is 0 Å². The lowest BCUT2D eigenvalue weighted by atomic mass is 10.0. The Balaban J connectivity index is 0.000000213. The molecule has 12 heavy (non-hydrogen) atoms. The Bertz CT molecular complexity index is 127. The summed E-state index contributed by atoms with van der Waals surface area (Å²) < 4.78 is 0. The van der Waals surface area contributed by atoms with Gasteiger partial charge in [-0.05, 0) is 39.3 Å². The largest absolute Gasteiger partial charge is 0.301 e. The van der Waals surface area contributed by atoms with Crippen molar-refractivity contribution in [2.75, 3.05) is 13.6 Å². The summed E-state index contributed by atoms with van der Waals surface area (Å²) in [6, 6.07) is 0. The number of likely N-dealkylation sites (tertiary alicyclic amines) is 1. The van der Waals surface area contributed by atoms with Gasteiger partial charge in [0.15, 0.2) is 0 Å². The fourth-order valence-electron chi connectivity index (χ4n) is 2.01. The van der Waals surface area contributed by atoms with Crippen LogP contribution in [-0.2, 0) is 0 Å². The van der Waals surface area contributed by atoms with Crippen LogP contribution in [0.1, 0.15) is 52.4 Å². The lowest BCUT2D eigenvalue weighted by Crippen LogP contribution is -2.37. The van der Waals surface area contributed by atoms with E-state index in [-0.39, 0.29) is 0 Å². The SMILES string of the molecule is CCC.CN1CCCCC12CC2. The van der Waals surface area contributed by atoms with Crippen LogP contribution in [0.3, 0.4) is 0 Å². The predicted molar refractivity (Wildman–Crippen MR) is 54.4 cm³/mol. The molecule has 1 saturated heterocycles. The molecule has 2 fully saturated rings. The van der Waals surface area contributed by atoms with Gasteiger partial charge in [0.1, 0.15) is 0 Å². The average Bonchev–Trinajstić information content (AvgIpc) is 2.79. The summed E-state index contributed by atoms with van der Waals surface area (Å²) in [5.74, 6) is 0. The standard InChI is InChI=1S/C8H15N.C3H8/c1-9-7-3-2-4-8(9)5-6-8;1-3-2/h2-7H2,1H3;3H2,1-2H3. The minimum absolute atomic E-state index is 0.720. The first-order valence-electron chi connectivity index (χ1n) is 5.46. The van der Waals surface area contributed by atoms with Crippen molar-refractivity contribution in [3.05, 3.63) is 0 Å². The minimum Gasteiger partial charge on any atom is -0.301 e. The van der Waals surface area contributed by atoms with Crippen molar-refractivity contribution < 1.29 is 0 Å². The molecule has 0 N–H and O–H groups in total. The van der Waals surface area contributed by atoms with Crippen molar-refractivity contribution in [3.8, 4) is 0 Å². The van der Waals surface area contributed by atoms with Gasteiger partial charge in [0, 0.05) is 5.54 Å². The Labute approximate surface area is 77.1 Å². The Hall–Kier alpha value is -0.0400. The molecule has 0 radical (unpaired) electrons. The zero-order valence-corrected chi connectivity index (χ0v) is 8.90. The summed E-state index contributed by atoms with van der Waals surface area (Å²) in [4.78, 5) is 2.57. The van der Waals surface area contributed by atoms with E-state index in [0.717, 1.165) is 5.54 Å². The zero-order chi connectivity index (χ0) is 9.03. The van der Waals surface area contributed by atoms with Crippen LogP contribution < -0.4 is 0 Å². The highest BCUT2D eigenvalue weighted by molar-refractivity contribution is 5.04. The van der Waals surface area contributed by atoms with Gasteiger partial charge in [0.2, 0.25) is 0 Å². The molecule has 1 saturated carbocycles. The number of piperidine rings is 1. The first-order valence-corrected chi connectivity index (χ1v) is 5.46. The maximum absolute atomic E-state index is 2.57. The molecular weight excluding hydrogens is 146 g/mol. The first-order chi connectivity index (χ1) is 5.75. The molecule has 0 aromatic carbocycles. The molecule has 1 aliphatic heterocycles. The van der Waals surface area contributed by atoms with Gasteiger partial charge in [-0.1, -0.05) is 26.7 Å². The number of rotatable bonds is 0. The molecular formula is C11H23N. The summed E-state index contributed by atoms with van der Waals surface area (Å²) in [7, 11) is 2.28. The Morgan fingerprint density at radius 2 is 1.67 bits per heavy atom. The Kier molecular flexibility index (Phi) is 3.57. The quantitative estimate of drug-likeness (QED) is 0.539. The smallest absolute Gasteiger partial charge is 0.0207 e. The summed E-state index contributed by atoms with van der Waals surface area (Å²) in [5.41, 5.74) is 0.720. The summed E-state index contributed by atoms with van der Waals surface area (Å²) in [5, 5.41) is 0. The normalized spacial score (nSPS) is 26.2. The molecule has 0 aromatic rings. The van der Waals surface area contributed by atoms with Gasteiger partial charge in [0.05, 0.1) is 0 Å². The van der Waals surface area contributed by atoms with E-state index in [9.17, 15) is 0 Å². The van der Waals surface area contributed by atoms with Crippen molar-refractivity contribution in [1.29, 1.82) is 0 Å². The highest BCUT2D eigenvalue weighted by Crippen LogP contribution is 2.47. The van der Waals surface area contributed by atoms with Gasteiger partial charge in [-0.25, -0.2) is 0 Å². The van der Waals surface area contributed by atoms with E-state index in [0.29, 0.717) is 0 Å². The lowest BCUT2D eigenvalue weighted by molar-refractivity contribution is 0.165. The van der Waals surface area contributed by atoms with Crippen LogP contribution in [0.2, 0.25) is 0 Å². The molecule has 1 heteroatoms. The van der Waals surface area contributed by atoms with E-state index in [1.807, 2.05) is 0 Å². The van der Waals surface area contributed by atoms with Crippen LogP contribution in [0.15, 0.2) is 0 Å². The third kappa shape index (κ3) is 2.22. The number of hydrogen-bond donors (Lipinski definition) is 0. The lowest BCUT2D eigenvalue weighted by Gasteiger charge is -2.32. The topological polar surface area (TPSA) is 3.24 Å². The molecule has 0 atom stereocenters. The van der Waals surface area contributed by atoms with Gasteiger partial charge in [0.25, 0.3) is 0 Å². The van der Waals surface area contributed by atoms with E-state index in [2.05, 4.69) is 25.8 Å². The number of nitrogens with zero attached hydrogens (tertiary/aromatic N) is 1. The first kappa shape index (κ1) is 10.0. The van der Waals surface area contributed by atoms with Crippen molar-refractivity contribution in [2.24, 2.45) is 0 Å². The van der Waals surface area contributed by atoms with Crippen molar-refractivity contribution in [1.82, 2.24) is 4.90 Å². The summed E-state index contributed by atoms with van der Waals surface area (Å²) >= 11 is 0. The molecule has 0 amide bonds. The molecule has 2 aliphatic rings. The molecule has 0 aromatic heterocycles. The molecule has 1 heterocycles. The van der Waals surface area contributed by atoms with Crippen molar-refractivity contribution >= 4 is 0 Å². The van der Waals surface area contributed by atoms with E-state index in [1.54, 1.807) is 0 Å². The van der Waals surface area contributed by atoms with E-state index in [4.69, 9.17) is 0 Å². The zero-order valence-electron chi connectivity index (χ0n) is 8.90. The summed E-state index contributed by atoms with van der Waals surface area (Å²) in [6.45, 7) is 5.60. The van der Waals surface area contributed by atoms with Crippen molar-refractivity contribution in [2.45, 2.75) is 57.9 Å². The molecule has 0 unspecified atom stereocenters. The summed E-state index contributed by atoms with van der Waals surface area (Å²) in [6.07, 6.45) is 8.58. The molecule has 1 nitrogen and oxygen atoms in total. The van der Waals surface area contributed by atoms with E-state index < -0.39 is 0 Å². The average molecular weight is 169 g/mol. The van der Waals surface area contributed by atoms with Crippen LogP contribution >= 0.6 is 0 Å². The van der Waals surface area contributed by atoms with Gasteiger partial charge in [-0.3, -0.25) is 0 Å². The van der Waals surface area contributed by atoms with Crippen LogP contribution in [-0.4, -0.2) is 24.0 Å². The monoisotopic (exact) mass is 169 g/mol. The molecule has 0 bridgehead atoms. The minimum atomic E-state index is 0.720. The maximum atomic E-state index is 2.57. The van der Waals surface area contributed by atoms with Crippen LogP contribution in [0, 0.1) is 0 Å². The van der Waals surface area contributed by atoms with E-state index in [1.165, 1.54) is 45.1 Å².